The summed E-state index contributed by atoms with van der Waals surface area (Å²) in [6.45, 7) is 3.23. The van der Waals surface area contributed by atoms with Gasteiger partial charge < -0.3 is 19.5 Å². The molecular formula is C21H26N2O4S. The molecule has 6 nitrogen and oxygen atoms in total. The molecule has 0 radical (unpaired) electrons. The van der Waals surface area contributed by atoms with Gasteiger partial charge in [-0.2, -0.15) is 0 Å². The number of ether oxygens (including phenoxy) is 3. The van der Waals surface area contributed by atoms with E-state index in [1.54, 1.807) is 38.5 Å². The summed E-state index contributed by atoms with van der Waals surface area (Å²) < 4.78 is 16.2. The Morgan fingerprint density at radius 3 is 2.43 bits per heavy atom. The van der Waals surface area contributed by atoms with Crippen LogP contribution in [-0.4, -0.2) is 31.8 Å². The molecule has 0 aliphatic heterocycles. The van der Waals surface area contributed by atoms with Crippen molar-refractivity contribution < 1.29 is 19.0 Å². The predicted molar refractivity (Wildman–Crippen MR) is 113 cm³/mol. The first kappa shape index (κ1) is 21.5. The van der Waals surface area contributed by atoms with Gasteiger partial charge in [-0.25, -0.2) is 0 Å². The minimum atomic E-state index is -0.280. The van der Waals surface area contributed by atoms with Crippen molar-refractivity contribution >= 4 is 23.2 Å². The van der Waals surface area contributed by atoms with Gasteiger partial charge in [-0.1, -0.05) is 19.4 Å². The molecule has 0 fully saturated rings. The molecule has 1 amide bonds. The largest absolute Gasteiger partial charge is 0.497 e. The van der Waals surface area contributed by atoms with E-state index < -0.39 is 0 Å². The highest BCUT2D eigenvalue weighted by atomic mass is 32.1. The highest BCUT2D eigenvalue weighted by Crippen LogP contribution is 2.28. The van der Waals surface area contributed by atoms with Crippen LogP contribution in [0.15, 0.2) is 42.5 Å². The summed E-state index contributed by atoms with van der Waals surface area (Å²) in [7, 11) is 3.19. The van der Waals surface area contributed by atoms with Crippen LogP contribution in [0, 0.1) is 0 Å². The first-order valence-electron chi connectivity index (χ1n) is 9.10. The lowest BCUT2D eigenvalue weighted by Gasteiger charge is -2.13. The van der Waals surface area contributed by atoms with Crippen LogP contribution in [0.4, 0.5) is 0 Å². The third kappa shape index (κ3) is 6.42. The van der Waals surface area contributed by atoms with Gasteiger partial charge >= 0.3 is 0 Å². The summed E-state index contributed by atoms with van der Waals surface area (Å²) in [5.74, 6) is 1.80. The molecule has 2 rings (SSSR count). The highest BCUT2D eigenvalue weighted by Gasteiger charge is 2.09. The maximum atomic E-state index is 12.2. The van der Waals surface area contributed by atoms with E-state index in [1.807, 2.05) is 18.2 Å². The molecule has 0 aromatic heterocycles. The van der Waals surface area contributed by atoms with Crippen LogP contribution >= 0.6 is 12.2 Å². The van der Waals surface area contributed by atoms with Crippen molar-refractivity contribution in [2.24, 2.45) is 0 Å². The second kappa shape index (κ2) is 11.1. The Kier molecular flexibility index (Phi) is 8.55. The van der Waals surface area contributed by atoms with Crippen LogP contribution in [0.5, 0.6) is 17.2 Å². The Hall–Kier alpha value is -2.80. The molecule has 0 bridgehead atoms. The van der Waals surface area contributed by atoms with Crippen molar-refractivity contribution in [3.05, 3.63) is 53.6 Å². The lowest BCUT2D eigenvalue weighted by Crippen LogP contribution is -2.38. The smallest absolute Gasteiger partial charge is 0.257 e. The summed E-state index contributed by atoms with van der Waals surface area (Å²) in [6.07, 6.45) is 2.07. The Morgan fingerprint density at radius 1 is 1.04 bits per heavy atom. The molecule has 2 aromatic rings. The molecule has 2 N–H and O–H groups in total. The number of unbranched alkanes of at least 4 members (excludes halogenated alkanes) is 1. The SMILES string of the molecule is CCCCOc1ccc(CNC(=S)NC(=O)c2ccc(OC)cc2)cc1OC. The van der Waals surface area contributed by atoms with E-state index in [2.05, 4.69) is 17.6 Å². The van der Waals surface area contributed by atoms with E-state index in [1.165, 1.54) is 0 Å². The number of carbonyl (C=O) groups is 1. The second-order valence-corrected chi connectivity index (χ2v) is 6.46. The summed E-state index contributed by atoms with van der Waals surface area (Å²) >= 11 is 5.21. The van der Waals surface area contributed by atoms with Crippen LogP contribution in [0.2, 0.25) is 0 Å². The normalized spacial score (nSPS) is 10.1. The van der Waals surface area contributed by atoms with Gasteiger partial charge in [-0.3, -0.25) is 10.1 Å². The summed E-state index contributed by atoms with van der Waals surface area (Å²) in [6, 6.07) is 12.5. The van der Waals surface area contributed by atoms with Crippen molar-refractivity contribution in [3.8, 4) is 17.2 Å². The number of benzene rings is 2. The zero-order chi connectivity index (χ0) is 20.4. The molecular weight excluding hydrogens is 376 g/mol. The van der Waals surface area contributed by atoms with E-state index in [9.17, 15) is 4.79 Å². The number of amides is 1. The van der Waals surface area contributed by atoms with E-state index in [0.717, 1.165) is 24.2 Å². The van der Waals surface area contributed by atoms with Gasteiger partial charge in [0.05, 0.1) is 20.8 Å². The molecule has 28 heavy (non-hydrogen) atoms. The van der Waals surface area contributed by atoms with Crippen molar-refractivity contribution in [3.63, 3.8) is 0 Å². The van der Waals surface area contributed by atoms with Crippen LogP contribution < -0.4 is 24.8 Å². The van der Waals surface area contributed by atoms with Crippen molar-refractivity contribution in [1.29, 1.82) is 0 Å². The van der Waals surface area contributed by atoms with Gasteiger partial charge in [0.25, 0.3) is 5.91 Å². The molecule has 0 atom stereocenters. The van der Waals surface area contributed by atoms with E-state index in [0.29, 0.717) is 30.2 Å². The van der Waals surface area contributed by atoms with E-state index >= 15 is 0 Å². The fourth-order valence-corrected chi connectivity index (χ4v) is 2.58. The first-order valence-corrected chi connectivity index (χ1v) is 9.51. The van der Waals surface area contributed by atoms with Crippen LogP contribution in [0.25, 0.3) is 0 Å². The van der Waals surface area contributed by atoms with Gasteiger partial charge in [0.15, 0.2) is 16.6 Å². The zero-order valence-corrected chi connectivity index (χ0v) is 17.2. The van der Waals surface area contributed by atoms with Gasteiger partial charge in [-0.05, 0) is 60.6 Å². The predicted octanol–water partition coefficient (Wildman–Crippen LogP) is 3.69. The average molecular weight is 403 g/mol. The molecule has 7 heteroatoms. The third-order valence-corrected chi connectivity index (χ3v) is 4.26. The molecule has 0 saturated heterocycles. The van der Waals surface area contributed by atoms with Crippen LogP contribution in [0.1, 0.15) is 35.7 Å². The molecule has 0 heterocycles. The van der Waals surface area contributed by atoms with Gasteiger partial charge in [0.2, 0.25) is 0 Å². The number of nitrogens with one attached hydrogen (secondary N) is 2. The Labute approximate surface area is 171 Å². The quantitative estimate of drug-likeness (QED) is 0.493. The molecule has 0 spiro atoms. The number of carbonyl (C=O) groups excluding carboxylic acids is 1. The lowest BCUT2D eigenvalue weighted by atomic mass is 10.2. The number of hydrogen-bond donors (Lipinski definition) is 2. The van der Waals surface area contributed by atoms with Gasteiger partial charge in [-0.15, -0.1) is 0 Å². The monoisotopic (exact) mass is 402 g/mol. The molecule has 2 aromatic carbocycles. The molecule has 0 unspecified atom stereocenters. The third-order valence-electron chi connectivity index (χ3n) is 4.02. The van der Waals surface area contributed by atoms with Crippen LogP contribution in [0.3, 0.4) is 0 Å². The minimum absolute atomic E-state index is 0.253. The lowest BCUT2D eigenvalue weighted by molar-refractivity contribution is 0.0976. The number of methoxy groups -OCH3 is 2. The highest BCUT2D eigenvalue weighted by molar-refractivity contribution is 7.80. The van der Waals surface area contributed by atoms with E-state index in [-0.39, 0.29) is 11.0 Å². The van der Waals surface area contributed by atoms with Crippen molar-refractivity contribution in [1.82, 2.24) is 10.6 Å². The molecule has 0 aliphatic rings. The average Bonchev–Trinajstić information content (AvgIpc) is 2.73. The maximum absolute atomic E-state index is 12.2. The Morgan fingerprint density at radius 2 is 1.79 bits per heavy atom. The Balaban J connectivity index is 1.88. The summed E-state index contributed by atoms with van der Waals surface area (Å²) in [5.41, 5.74) is 1.46. The topological polar surface area (TPSA) is 68.8 Å². The molecule has 0 saturated carbocycles. The van der Waals surface area contributed by atoms with Gasteiger partial charge in [0.1, 0.15) is 5.75 Å². The number of thiocarbonyl (C=S) groups is 1. The first-order chi connectivity index (χ1) is 13.6. The maximum Gasteiger partial charge on any atom is 0.257 e. The minimum Gasteiger partial charge on any atom is -0.497 e. The number of rotatable bonds is 9. The van der Waals surface area contributed by atoms with Crippen molar-refractivity contribution in [2.75, 3.05) is 20.8 Å². The van der Waals surface area contributed by atoms with Crippen LogP contribution in [-0.2, 0) is 6.54 Å². The Bertz CT molecular complexity index is 793. The number of hydrogen-bond acceptors (Lipinski definition) is 5. The fourth-order valence-electron chi connectivity index (χ4n) is 2.41. The van der Waals surface area contributed by atoms with Gasteiger partial charge in [0, 0.05) is 12.1 Å². The standard InChI is InChI=1S/C21H26N2O4S/c1-4-5-12-27-18-11-6-15(13-19(18)26-3)14-22-21(28)23-20(24)16-7-9-17(25-2)10-8-16/h6-11,13H,4-5,12,14H2,1-3H3,(H2,22,23,24,28). The van der Waals surface area contributed by atoms with E-state index in [4.69, 9.17) is 26.4 Å². The molecule has 150 valence electrons. The second-order valence-electron chi connectivity index (χ2n) is 6.05. The summed E-state index contributed by atoms with van der Waals surface area (Å²) in [5, 5.41) is 5.94. The molecule has 0 aliphatic carbocycles. The van der Waals surface area contributed by atoms with Crippen molar-refractivity contribution in [2.45, 2.75) is 26.3 Å². The fraction of sp³-hybridized carbons (Fsp3) is 0.333. The zero-order valence-electron chi connectivity index (χ0n) is 16.4. The summed E-state index contributed by atoms with van der Waals surface area (Å²) in [4.78, 5) is 12.2.